The third-order valence-electron chi connectivity index (χ3n) is 8.07. The normalized spacial score (nSPS) is 16.7. The summed E-state index contributed by atoms with van der Waals surface area (Å²) in [5.41, 5.74) is 11.4. The molecular weight excluding hydrogens is 458 g/mol. The SMILES string of the molecule is CC1(c2ccccc2)CC(c2ccccc2)=Cc2c1n(-c1ccccc1)c1ccc(-c3ccccc3)cc21. The van der Waals surface area contributed by atoms with Crippen molar-refractivity contribution in [2.24, 2.45) is 0 Å². The highest BCUT2D eigenvalue weighted by atomic mass is 15.0. The molecule has 1 aromatic heterocycles. The third kappa shape index (κ3) is 3.63. The molecule has 38 heavy (non-hydrogen) atoms. The zero-order chi connectivity index (χ0) is 25.5. The van der Waals surface area contributed by atoms with Crippen molar-refractivity contribution in [2.45, 2.75) is 18.8 Å². The molecule has 1 nitrogen and oxygen atoms in total. The number of hydrogen-bond acceptors (Lipinski definition) is 0. The average Bonchev–Trinajstić information content (AvgIpc) is 3.33. The Morgan fingerprint density at radius 2 is 1.16 bits per heavy atom. The Bertz CT molecular complexity index is 1760. The van der Waals surface area contributed by atoms with E-state index in [-0.39, 0.29) is 5.41 Å². The van der Waals surface area contributed by atoms with Crippen LogP contribution >= 0.6 is 0 Å². The van der Waals surface area contributed by atoms with Gasteiger partial charge in [-0.1, -0.05) is 115 Å². The molecule has 6 aromatic rings. The van der Waals surface area contributed by atoms with Crippen LogP contribution in [0.2, 0.25) is 0 Å². The van der Waals surface area contributed by atoms with Gasteiger partial charge in [-0.2, -0.15) is 0 Å². The summed E-state index contributed by atoms with van der Waals surface area (Å²) >= 11 is 0. The second-order valence-electron chi connectivity index (χ2n) is 10.4. The quantitative estimate of drug-likeness (QED) is 0.233. The predicted octanol–water partition coefficient (Wildman–Crippen LogP) is 9.55. The second-order valence-corrected chi connectivity index (χ2v) is 10.4. The van der Waals surface area contributed by atoms with E-state index < -0.39 is 0 Å². The van der Waals surface area contributed by atoms with Gasteiger partial charge >= 0.3 is 0 Å². The average molecular weight is 488 g/mol. The van der Waals surface area contributed by atoms with Crippen LogP contribution in [0.4, 0.5) is 0 Å². The number of aromatic nitrogens is 1. The van der Waals surface area contributed by atoms with Gasteiger partial charge in [0.25, 0.3) is 0 Å². The second kappa shape index (κ2) is 9.04. The molecule has 0 spiro atoms. The summed E-state index contributed by atoms with van der Waals surface area (Å²) in [5, 5.41) is 1.29. The highest BCUT2D eigenvalue weighted by Crippen LogP contribution is 2.50. The Hall–Kier alpha value is -4.62. The van der Waals surface area contributed by atoms with Gasteiger partial charge in [-0.05, 0) is 71.5 Å². The van der Waals surface area contributed by atoms with E-state index >= 15 is 0 Å². The molecule has 0 radical (unpaired) electrons. The van der Waals surface area contributed by atoms with Crippen LogP contribution in [0.5, 0.6) is 0 Å². The molecular formula is C37H29N. The standard InChI is InChI=1S/C37H29N/c1-37(31-18-10-4-11-19-31)26-30(28-16-8-3-9-17-28)25-34-33-24-29(27-14-6-2-7-15-27)22-23-35(33)38(36(34)37)32-20-12-5-13-21-32/h2-25H,26H2,1H3. The number of benzene rings is 5. The molecule has 1 aliphatic carbocycles. The van der Waals surface area contributed by atoms with Crippen molar-refractivity contribution >= 4 is 22.6 Å². The van der Waals surface area contributed by atoms with E-state index in [0.717, 1.165) is 6.42 Å². The lowest BCUT2D eigenvalue weighted by Crippen LogP contribution is -2.30. The van der Waals surface area contributed by atoms with Crippen LogP contribution in [0.3, 0.4) is 0 Å². The van der Waals surface area contributed by atoms with Gasteiger partial charge in [0.05, 0.1) is 5.52 Å². The Morgan fingerprint density at radius 1 is 0.579 bits per heavy atom. The van der Waals surface area contributed by atoms with Crippen LogP contribution in [0, 0.1) is 0 Å². The molecule has 0 bridgehead atoms. The van der Waals surface area contributed by atoms with E-state index in [1.165, 1.54) is 55.7 Å². The Labute approximate surface area is 224 Å². The van der Waals surface area contributed by atoms with Gasteiger partial charge in [-0.3, -0.25) is 0 Å². The van der Waals surface area contributed by atoms with Gasteiger partial charge in [0.15, 0.2) is 0 Å². The van der Waals surface area contributed by atoms with Gasteiger partial charge < -0.3 is 4.57 Å². The maximum absolute atomic E-state index is 2.50. The molecule has 0 fully saturated rings. The summed E-state index contributed by atoms with van der Waals surface area (Å²) in [6.45, 7) is 2.42. The van der Waals surface area contributed by atoms with Crippen molar-refractivity contribution in [3.05, 3.63) is 162 Å². The lowest BCUT2D eigenvalue weighted by molar-refractivity contribution is 0.554. The smallest absolute Gasteiger partial charge is 0.0538 e. The Morgan fingerprint density at radius 3 is 1.82 bits per heavy atom. The van der Waals surface area contributed by atoms with Crippen molar-refractivity contribution in [1.29, 1.82) is 0 Å². The van der Waals surface area contributed by atoms with Crippen LogP contribution in [0.1, 0.15) is 35.7 Å². The van der Waals surface area contributed by atoms with Gasteiger partial charge in [-0.25, -0.2) is 0 Å². The molecule has 0 N–H and O–H groups in total. The summed E-state index contributed by atoms with van der Waals surface area (Å²) in [5.74, 6) is 0. The Kier molecular flexibility index (Phi) is 5.37. The maximum Gasteiger partial charge on any atom is 0.0538 e. The first-order valence-electron chi connectivity index (χ1n) is 13.3. The van der Waals surface area contributed by atoms with E-state index in [2.05, 4.69) is 157 Å². The lowest BCUT2D eigenvalue weighted by atomic mass is 9.69. The number of allylic oxidation sites excluding steroid dienone is 1. The minimum absolute atomic E-state index is 0.210. The van der Waals surface area contributed by atoms with E-state index in [9.17, 15) is 0 Å². The maximum atomic E-state index is 2.50. The van der Waals surface area contributed by atoms with Crippen LogP contribution in [0.15, 0.2) is 140 Å². The van der Waals surface area contributed by atoms with Crippen molar-refractivity contribution in [1.82, 2.24) is 4.57 Å². The van der Waals surface area contributed by atoms with E-state index in [4.69, 9.17) is 0 Å². The molecule has 1 atom stereocenters. The summed E-state index contributed by atoms with van der Waals surface area (Å²) in [6.07, 6.45) is 3.38. The summed E-state index contributed by atoms with van der Waals surface area (Å²) in [7, 11) is 0. The van der Waals surface area contributed by atoms with Crippen molar-refractivity contribution in [3.63, 3.8) is 0 Å². The first-order chi connectivity index (χ1) is 18.7. The summed E-state index contributed by atoms with van der Waals surface area (Å²) in [6, 6.07) is 50.4. The van der Waals surface area contributed by atoms with Crippen molar-refractivity contribution in [2.75, 3.05) is 0 Å². The molecule has 182 valence electrons. The summed E-state index contributed by atoms with van der Waals surface area (Å²) < 4.78 is 2.50. The molecule has 0 amide bonds. The molecule has 1 unspecified atom stereocenters. The van der Waals surface area contributed by atoms with Crippen LogP contribution in [-0.2, 0) is 5.41 Å². The van der Waals surface area contributed by atoms with Gasteiger partial charge in [0.1, 0.15) is 0 Å². The number of fused-ring (bicyclic) bond motifs is 3. The number of para-hydroxylation sites is 1. The number of hydrogen-bond donors (Lipinski definition) is 0. The van der Waals surface area contributed by atoms with Gasteiger partial charge in [0, 0.05) is 27.7 Å². The fourth-order valence-electron chi connectivity index (χ4n) is 6.23. The molecule has 0 aliphatic heterocycles. The highest BCUT2D eigenvalue weighted by Gasteiger charge is 2.39. The Balaban J connectivity index is 1.60. The van der Waals surface area contributed by atoms with Crippen molar-refractivity contribution in [3.8, 4) is 16.8 Å². The van der Waals surface area contributed by atoms with Crippen LogP contribution < -0.4 is 0 Å². The highest BCUT2D eigenvalue weighted by molar-refractivity contribution is 6.01. The zero-order valence-corrected chi connectivity index (χ0v) is 21.5. The molecule has 0 saturated heterocycles. The minimum Gasteiger partial charge on any atom is -0.312 e. The topological polar surface area (TPSA) is 4.93 Å². The predicted molar refractivity (Wildman–Crippen MR) is 161 cm³/mol. The molecule has 1 heterocycles. The minimum atomic E-state index is -0.210. The van der Waals surface area contributed by atoms with Gasteiger partial charge in [0.2, 0.25) is 0 Å². The van der Waals surface area contributed by atoms with Crippen LogP contribution in [-0.4, -0.2) is 4.57 Å². The largest absolute Gasteiger partial charge is 0.312 e. The van der Waals surface area contributed by atoms with Gasteiger partial charge in [-0.15, -0.1) is 0 Å². The molecule has 1 aliphatic rings. The zero-order valence-electron chi connectivity index (χ0n) is 21.5. The first kappa shape index (κ1) is 22.6. The first-order valence-corrected chi connectivity index (χ1v) is 13.3. The number of nitrogens with zero attached hydrogens (tertiary/aromatic N) is 1. The third-order valence-corrected chi connectivity index (χ3v) is 8.07. The van der Waals surface area contributed by atoms with Crippen molar-refractivity contribution < 1.29 is 0 Å². The lowest BCUT2D eigenvalue weighted by Gasteiger charge is -2.37. The fraction of sp³-hybridized carbons (Fsp3) is 0.0811. The van der Waals surface area contributed by atoms with E-state index in [1.54, 1.807) is 0 Å². The molecule has 5 aromatic carbocycles. The number of rotatable bonds is 4. The van der Waals surface area contributed by atoms with E-state index in [1.807, 2.05) is 0 Å². The molecule has 0 saturated carbocycles. The molecule has 7 rings (SSSR count). The monoisotopic (exact) mass is 487 g/mol. The fourth-order valence-corrected chi connectivity index (χ4v) is 6.23. The molecule has 1 heteroatoms. The van der Waals surface area contributed by atoms with E-state index in [0.29, 0.717) is 0 Å². The summed E-state index contributed by atoms with van der Waals surface area (Å²) in [4.78, 5) is 0. The van der Waals surface area contributed by atoms with Crippen LogP contribution in [0.25, 0.3) is 39.4 Å².